The van der Waals surface area contributed by atoms with Gasteiger partial charge in [-0.2, -0.15) is 4.79 Å². The topological polar surface area (TPSA) is 112 Å². The van der Waals surface area contributed by atoms with E-state index in [-0.39, 0.29) is 4.90 Å². The first kappa shape index (κ1) is 7.80. The molecule has 1 heterocycles. The summed E-state index contributed by atoms with van der Waals surface area (Å²) in [7, 11) is 0. The SMILES string of the molecule is O=C=Nc1no[n+]([O-])c1N=C=O. The highest BCUT2D eigenvalue weighted by Gasteiger charge is 2.17. The van der Waals surface area contributed by atoms with E-state index in [4.69, 9.17) is 0 Å². The summed E-state index contributed by atoms with van der Waals surface area (Å²) in [6, 6.07) is 0. The summed E-state index contributed by atoms with van der Waals surface area (Å²) in [6.07, 6.45) is 2.18. The normalized spacial score (nSPS) is 8.33. The first-order chi connectivity index (χ1) is 5.79. The molecule has 0 radical (unpaired) electrons. The third-order valence-corrected chi connectivity index (χ3v) is 0.877. The maximum Gasteiger partial charge on any atom is 0.375 e. The van der Waals surface area contributed by atoms with Gasteiger partial charge < -0.3 is 9.84 Å². The number of isocyanates is 2. The van der Waals surface area contributed by atoms with Crippen molar-refractivity contribution >= 4 is 23.8 Å². The van der Waals surface area contributed by atoms with Crippen LogP contribution in [0, 0.1) is 5.21 Å². The summed E-state index contributed by atoms with van der Waals surface area (Å²) in [6.45, 7) is 0. The number of hydrogen-bond acceptors (Lipinski definition) is 7. The van der Waals surface area contributed by atoms with E-state index in [2.05, 4.69) is 19.8 Å². The van der Waals surface area contributed by atoms with Crippen LogP contribution in [0.15, 0.2) is 14.6 Å². The fourth-order valence-corrected chi connectivity index (χ4v) is 0.485. The van der Waals surface area contributed by atoms with Crippen LogP contribution in [0.25, 0.3) is 0 Å². The summed E-state index contributed by atoms with van der Waals surface area (Å²) in [5, 5.41) is 13.5. The highest BCUT2D eigenvalue weighted by atomic mass is 16.8. The lowest BCUT2D eigenvalue weighted by Crippen LogP contribution is -2.21. The van der Waals surface area contributed by atoms with Crippen molar-refractivity contribution < 1.29 is 19.1 Å². The van der Waals surface area contributed by atoms with Crippen LogP contribution in [-0.4, -0.2) is 17.3 Å². The van der Waals surface area contributed by atoms with Gasteiger partial charge in [-0.25, -0.2) is 4.79 Å². The monoisotopic (exact) mass is 168 g/mol. The first-order valence-electron chi connectivity index (χ1n) is 2.55. The molecular formula is C4N4O4. The maximum absolute atomic E-state index is 10.5. The van der Waals surface area contributed by atoms with Crippen molar-refractivity contribution in [3.63, 3.8) is 0 Å². The van der Waals surface area contributed by atoms with Crippen molar-refractivity contribution in [1.29, 1.82) is 0 Å². The molecule has 0 aliphatic heterocycles. The summed E-state index contributed by atoms with van der Waals surface area (Å²) in [4.78, 5) is 25.1. The molecule has 1 aromatic heterocycles. The minimum atomic E-state index is -0.534. The van der Waals surface area contributed by atoms with Gasteiger partial charge in [-0.05, 0) is 10.1 Å². The van der Waals surface area contributed by atoms with E-state index >= 15 is 0 Å². The lowest BCUT2D eigenvalue weighted by atomic mass is 10.7. The number of aromatic nitrogens is 2. The molecule has 0 bridgehead atoms. The van der Waals surface area contributed by atoms with Gasteiger partial charge in [0.1, 0.15) is 0 Å². The zero-order chi connectivity index (χ0) is 8.97. The van der Waals surface area contributed by atoms with Gasteiger partial charge >= 0.3 is 17.7 Å². The van der Waals surface area contributed by atoms with Crippen LogP contribution in [0.1, 0.15) is 0 Å². The Morgan fingerprint density at radius 2 is 2.08 bits per heavy atom. The Hall–Kier alpha value is -2.30. The van der Waals surface area contributed by atoms with E-state index in [1.807, 2.05) is 0 Å². The number of carbonyl (C=O) groups excluding carboxylic acids is 2. The summed E-state index contributed by atoms with van der Waals surface area (Å²) in [5.41, 5.74) is 0. The minimum absolute atomic E-state index is 0.179. The second-order valence-corrected chi connectivity index (χ2v) is 1.48. The summed E-state index contributed by atoms with van der Waals surface area (Å²) in [5.74, 6) is -0.947. The standard InChI is InChI=1S/C4N4O4/c9-1-5-3-4(6-2-10)8(11)12-7-3. The number of aliphatic imine (C=N–C) groups is 2. The number of rotatable bonds is 2. The molecule has 0 amide bonds. The first-order valence-corrected chi connectivity index (χ1v) is 2.55. The predicted molar refractivity (Wildman–Crippen MR) is 31.0 cm³/mol. The van der Waals surface area contributed by atoms with Gasteiger partial charge in [0.2, 0.25) is 6.08 Å². The van der Waals surface area contributed by atoms with Crippen molar-refractivity contribution in [2.75, 3.05) is 0 Å². The molecule has 8 nitrogen and oxygen atoms in total. The molecule has 0 fully saturated rings. The van der Waals surface area contributed by atoms with Crippen LogP contribution in [0.4, 0.5) is 11.6 Å². The summed E-state index contributed by atoms with van der Waals surface area (Å²) < 4.78 is 3.97. The van der Waals surface area contributed by atoms with Crippen LogP contribution in [0.2, 0.25) is 0 Å². The molecule has 1 aromatic rings. The largest absolute Gasteiger partial charge is 0.391 e. The fraction of sp³-hybridized carbons (Fsp3) is 0. The van der Waals surface area contributed by atoms with Gasteiger partial charge in [0, 0.05) is 0 Å². The molecule has 0 aliphatic rings. The van der Waals surface area contributed by atoms with Gasteiger partial charge in [0.15, 0.2) is 0 Å². The van der Waals surface area contributed by atoms with Gasteiger partial charge in [0.25, 0.3) is 0 Å². The number of nitrogens with zero attached hydrogens (tertiary/aromatic N) is 4. The Labute approximate surface area is 64.4 Å². The second kappa shape index (κ2) is 3.20. The second-order valence-electron chi connectivity index (χ2n) is 1.48. The Kier molecular flexibility index (Phi) is 2.08. The van der Waals surface area contributed by atoms with Crippen molar-refractivity contribution in [3.05, 3.63) is 5.21 Å². The zero-order valence-corrected chi connectivity index (χ0v) is 5.42. The van der Waals surface area contributed by atoms with Crippen molar-refractivity contribution in [1.82, 2.24) is 5.16 Å². The van der Waals surface area contributed by atoms with E-state index in [0.717, 1.165) is 12.2 Å². The van der Waals surface area contributed by atoms with Crippen LogP contribution < -0.4 is 4.90 Å². The lowest BCUT2D eigenvalue weighted by Gasteiger charge is -1.82. The molecular weight excluding hydrogens is 168 g/mol. The Bertz CT molecular complexity index is 384. The number of hydrogen-bond donors (Lipinski definition) is 0. The van der Waals surface area contributed by atoms with E-state index in [1.165, 1.54) is 0 Å². The lowest BCUT2D eigenvalue weighted by molar-refractivity contribution is -0.791. The molecule has 0 saturated carbocycles. The third kappa shape index (κ3) is 1.24. The highest BCUT2D eigenvalue weighted by molar-refractivity contribution is 5.56. The Morgan fingerprint density at radius 1 is 1.42 bits per heavy atom. The molecule has 0 spiro atoms. The molecule has 1 rings (SSSR count). The van der Waals surface area contributed by atoms with E-state index < -0.39 is 11.6 Å². The van der Waals surface area contributed by atoms with Crippen molar-refractivity contribution in [3.8, 4) is 0 Å². The molecule has 0 aliphatic carbocycles. The molecule has 0 saturated heterocycles. The van der Waals surface area contributed by atoms with E-state index in [9.17, 15) is 14.8 Å². The quantitative estimate of drug-likeness (QED) is 0.327. The average molecular weight is 168 g/mol. The van der Waals surface area contributed by atoms with Gasteiger partial charge in [0.05, 0.1) is 0 Å². The Balaban J connectivity index is 3.29. The van der Waals surface area contributed by atoms with Gasteiger partial charge in [-0.1, -0.05) is 4.90 Å². The molecule has 0 atom stereocenters. The van der Waals surface area contributed by atoms with Crippen LogP contribution in [0.5, 0.6) is 0 Å². The third-order valence-electron chi connectivity index (χ3n) is 0.877. The Morgan fingerprint density at radius 3 is 2.67 bits per heavy atom. The smallest absolute Gasteiger partial charge is 0.375 e. The summed E-state index contributed by atoms with van der Waals surface area (Å²) >= 11 is 0. The maximum atomic E-state index is 10.5. The molecule has 12 heavy (non-hydrogen) atoms. The molecule has 0 N–H and O–H groups in total. The fourth-order valence-electron chi connectivity index (χ4n) is 0.485. The van der Waals surface area contributed by atoms with Crippen LogP contribution in [0.3, 0.4) is 0 Å². The van der Waals surface area contributed by atoms with Crippen LogP contribution >= 0.6 is 0 Å². The average Bonchev–Trinajstić information content (AvgIpc) is 2.37. The molecule has 0 aromatic carbocycles. The minimum Gasteiger partial charge on any atom is -0.391 e. The molecule has 0 unspecified atom stereocenters. The van der Waals surface area contributed by atoms with Crippen LogP contribution in [-0.2, 0) is 9.59 Å². The predicted octanol–water partition coefficient (Wildman–Crippen LogP) is -0.757. The van der Waals surface area contributed by atoms with E-state index in [1.54, 1.807) is 0 Å². The van der Waals surface area contributed by atoms with Gasteiger partial charge in [-0.15, -0.1) is 4.99 Å². The van der Waals surface area contributed by atoms with Gasteiger partial charge in [-0.3, -0.25) is 0 Å². The van der Waals surface area contributed by atoms with E-state index in [0.29, 0.717) is 0 Å². The highest BCUT2D eigenvalue weighted by Crippen LogP contribution is 2.18. The zero-order valence-electron chi connectivity index (χ0n) is 5.42. The molecule has 8 heteroatoms. The molecule has 60 valence electrons. The van der Waals surface area contributed by atoms with Crippen molar-refractivity contribution in [2.45, 2.75) is 0 Å². The van der Waals surface area contributed by atoms with Crippen molar-refractivity contribution in [2.24, 2.45) is 9.98 Å².